The molecule has 4 N–H and O–H groups in total. The highest BCUT2D eigenvalue weighted by atomic mass is 16.6. The minimum Gasteiger partial charge on any atom is -0.378 e. The average Bonchev–Trinajstić information content (AvgIpc) is 2.15. The van der Waals surface area contributed by atoms with Gasteiger partial charge in [-0.2, -0.15) is 9.97 Å². The first-order valence-electron chi connectivity index (χ1n) is 3.77. The van der Waals surface area contributed by atoms with E-state index in [9.17, 15) is 10.1 Å². The van der Waals surface area contributed by atoms with E-state index < -0.39 is 4.92 Å². The van der Waals surface area contributed by atoms with Crippen LogP contribution in [-0.2, 0) is 0 Å². The van der Waals surface area contributed by atoms with Crippen molar-refractivity contribution in [1.82, 2.24) is 9.97 Å². The van der Waals surface area contributed by atoms with Crippen molar-refractivity contribution < 1.29 is 4.92 Å². The molecule has 0 aliphatic rings. The summed E-state index contributed by atoms with van der Waals surface area (Å²) >= 11 is 0. The van der Waals surface area contributed by atoms with Crippen LogP contribution in [0.4, 0.5) is 23.3 Å². The van der Waals surface area contributed by atoms with Crippen LogP contribution >= 0.6 is 0 Å². The van der Waals surface area contributed by atoms with Gasteiger partial charge in [0.15, 0.2) is 0 Å². The predicted molar refractivity (Wildman–Crippen MR) is 52.2 cm³/mol. The number of hydrogen-bond donors (Lipinski definition) is 3. The average molecular weight is 198 g/mol. The van der Waals surface area contributed by atoms with Crippen molar-refractivity contribution in [2.45, 2.75) is 0 Å². The minimum atomic E-state index is -0.624. The zero-order valence-corrected chi connectivity index (χ0v) is 7.74. The van der Waals surface area contributed by atoms with E-state index in [0.29, 0.717) is 0 Å². The third kappa shape index (κ3) is 1.63. The quantitative estimate of drug-likeness (QED) is 0.463. The molecule has 1 aromatic rings. The Morgan fingerprint density at radius 1 is 1.36 bits per heavy atom. The highest BCUT2D eigenvalue weighted by Gasteiger charge is 2.21. The molecule has 0 aliphatic carbocycles. The summed E-state index contributed by atoms with van der Waals surface area (Å²) in [5.74, 6) is 0.156. The van der Waals surface area contributed by atoms with Crippen LogP contribution in [0, 0.1) is 10.1 Å². The van der Waals surface area contributed by atoms with Crippen molar-refractivity contribution in [3.63, 3.8) is 0 Å². The number of nitrogens with zero attached hydrogens (tertiary/aromatic N) is 3. The lowest BCUT2D eigenvalue weighted by Crippen LogP contribution is -2.08. The summed E-state index contributed by atoms with van der Waals surface area (Å²) in [6.45, 7) is 0. The molecule has 0 spiro atoms. The molecule has 0 radical (unpaired) electrons. The topological polar surface area (TPSA) is 119 Å². The van der Waals surface area contributed by atoms with Gasteiger partial charge in [-0.3, -0.25) is 10.1 Å². The Bertz CT molecular complexity index is 366. The van der Waals surface area contributed by atoms with Crippen LogP contribution in [0.3, 0.4) is 0 Å². The summed E-state index contributed by atoms with van der Waals surface area (Å²) < 4.78 is 0. The van der Waals surface area contributed by atoms with Crippen molar-refractivity contribution in [3.05, 3.63) is 10.1 Å². The summed E-state index contributed by atoms with van der Waals surface area (Å²) in [5, 5.41) is 15.8. The maximum atomic E-state index is 10.6. The third-order valence-corrected chi connectivity index (χ3v) is 1.55. The van der Waals surface area contributed by atoms with Gasteiger partial charge in [0.05, 0.1) is 4.92 Å². The number of aromatic nitrogens is 2. The first kappa shape index (κ1) is 9.96. The highest BCUT2D eigenvalue weighted by molar-refractivity contribution is 5.69. The Kier molecular flexibility index (Phi) is 2.65. The maximum absolute atomic E-state index is 10.6. The molecule has 0 bridgehead atoms. The van der Waals surface area contributed by atoms with E-state index in [0.717, 1.165) is 0 Å². The number of hydrogen-bond acceptors (Lipinski definition) is 7. The molecule has 8 nitrogen and oxygen atoms in total. The number of rotatable bonds is 3. The van der Waals surface area contributed by atoms with E-state index >= 15 is 0 Å². The van der Waals surface area contributed by atoms with E-state index in [1.807, 2.05) is 0 Å². The Morgan fingerprint density at radius 2 is 2.00 bits per heavy atom. The first-order chi connectivity index (χ1) is 6.60. The normalized spacial score (nSPS) is 9.57. The highest BCUT2D eigenvalue weighted by Crippen LogP contribution is 2.27. The van der Waals surface area contributed by atoms with Crippen LogP contribution in [0.25, 0.3) is 0 Å². The molecule has 0 saturated heterocycles. The second-order valence-electron chi connectivity index (χ2n) is 2.39. The SMILES string of the molecule is CNc1nc(N)c([N+](=O)[O-])c(NC)n1. The van der Waals surface area contributed by atoms with Gasteiger partial charge in [0, 0.05) is 14.1 Å². The third-order valence-electron chi connectivity index (χ3n) is 1.55. The van der Waals surface area contributed by atoms with Crippen LogP contribution in [0.5, 0.6) is 0 Å². The molecule has 0 saturated carbocycles. The second-order valence-corrected chi connectivity index (χ2v) is 2.39. The lowest BCUT2D eigenvalue weighted by Gasteiger charge is -2.05. The monoisotopic (exact) mass is 198 g/mol. The van der Waals surface area contributed by atoms with Crippen LogP contribution in [0.2, 0.25) is 0 Å². The van der Waals surface area contributed by atoms with E-state index in [1.54, 1.807) is 7.05 Å². The summed E-state index contributed by atoms with van der Waals surface area (Å²) in [5.41, 5.74) is 5.09. The molecule has 0 aromatic carbocycles. The molecular weight excluding hydrogens is 188 g/mol. The molecule has 0 atom stereocenters. The van der Waals surface area contributed by atoms with Crippen molar-refractivity contribution in [2.24, 2.45) is 0 Å². The summed E-state index contributed by atoms with van der Waals surface area (Å²) in [6.07, 6.45) is 0. The number of nitrogen functional groups attached to an aromatic ring is 1. The van der Waals surface area contributed by atoms with Crippen LogP contribution < -0.4 is 16.4 Å². The van der Waals surface area contributed by atoms with Gasteiger partial charge in [0.1, 0.15) is 0 Å². The molecule has 14 heavy (non-hydrogen) atoms. The van der Waals surface area contributed by atoms with E-state index in [1.165, 1.54) is 7.05 Å². The summed E-state index contributed by atoms with van der Waals surface area (Å²) in [4.78, 5) is 17.5. The van der Waals surface area contributed by atoms with Crippen LogP contribution in [0.15, 0.2) is 0 Å². The maximum Gasteiger partial charge on any atom is 0.353 e. The fraction of sp³-hybridized carbons (Fsp3) is 0.333. The van der Waals surface area contributed by atoms with Crippen molar-refractivity contribution in [2.75, 3.05) is 30.5 Å². The molecule has 0 unspecified atom stereocenters. The first-order valence-corrected chi connectivity index (χ1v) is 3.77. The smallest absolute Gasteiger partial charge is 0.353 e. The Labute approximate surface area is 79.7 Å². The molecule has 76 valence electrons. The molecule has 1 rings (SSSR count). The number of nitrogens with two attached hydrogens (primary N) is 1. The van der Waals surface area contributed by atoms with Gasteiger partial charge < -0.3 is 16.4 Å². The fourth-order valence-electron chi connectivity index (χ4n) is 0.938. The van der Waals surface area contributed by atoms with Crippen molar-refractivity contribution in [1.29, 1.82) is 0 Å². The van der Waals surface area contributed by atoms with Gasteiger partial charge in [-0.25, -0.2) is 0 Å². The van der Waals surface area contributed by atoms with E-state index in [4.69, 9.17) is 5.73 Å². The molecule has 0 fully saturated rings. The van der Waals surface area contributed by atoms with Gasteiger partial charge in [-0.15, -0.1) is 0 Å². The van der Waals surface area contributed by atoms with Crippen molar-refractivity contribution >= 4 is 23.3 Å². The summed E-state index contributed by atoms with van der Waals surface area (Å²) in [7, 11) is 3.12. The Balaban J connectivity index is 3.34. The standard InChI is InChI=1S/C6H10N6O2/c1-8-5-3(12(13)14)4(7)10-6(9-2)11-5/h1-2H3,(H4,7,8,9,10,11). The van der Waals surface area contributed by atoms with E-state index in [-0.39, 0.29) is 23.3 Å². The molecular formula is C6H10N6O2. The zero-order chi connectivity index (χ0) is 10.7. The Morgan fingerprint density at radius 3 is 2.43 bits per heavy atom. The molecule has 0 amide bonds. The largest absolute Gasteiger partial charge is 0.378 e. The Hall–Kier alpha value is -2.12. The number of nitro groups is 1. The number of nitrogens with one attached hydrogen (secondary N) is 2. The van der Waals surface area contributed by atoms with Crippen molar-refractivity contribution in [3.8, 4) is 0 Å². The molecule has 1 aromatic heterocycles. The zero-order valence-electron chi connectivity index (χ0n) is 7.74. The minimum absolute atomic E-state index is 0.0897. The lowest BCUT2D eigenvalue weighted by atomic mass is 10.4. The van der Waals surface area contributed by atoms with Gasteiger partial charge in [0.2, 0.25) is 17.6 Å². The van der Waals surface area contributed by atoms with Gasteiger partial charge >= 0.3 is 5.69 Å². The molecule has 1 heterocycles. The molecule has 8 heteroatoms. The fourth-order valence-corrected chi connectivity index (χ4v) is 0.938. The van der Waals surface area contributed by atoms with Crippen LogP contribution in [-0.4, -0.2) is 29.0 Å². The molecule has 0 aliphatic heterocycles. The second kappa shape index (κ2) is 3.73. The predicted octanol–water partition coefficient (Wildman–Crippen LogP) is 0.0504. The van der Waals surface area contributed by atoms with Gasteiger partial charge in [-0.05, 0) is 0 Å². The number of anilines is 3. The van der Waals surface area contributed by atoms with E-state index in [2.05, 4.69) is 20.6 Å². The van der Waals surface area contributed by atoms with Crippen LogP contribution in [0.1, 0.15) is 0 Å². The lowest BCUT2D eigenvalue weighted by molar-refractivity contribution is -0.383. The van der Waals surface area contributed by atoms with Gasteiger partial charge in [-0.1, -0.05) is 0 Å². The van der Waals surface area contributed by atoms with Gasteiger partial charge in [0.25, 0.3) is 0 Å². The summed E-state index contributed by atoms with van der Waals surface area (Å²) in [6, 6.07) is 0.